The van der Waals surface area contributed by atoms with E-state index >= 15 is 0 Å². The van der Waals surface area contributed by atoms with Gasteiger partial charge in [-0.2, -0.15) is 0 Å². The van der Waals surface area contributed by atoms with Crippen LogP contribution in [-0.4, -0.2) is 16.2 Å². The number of nitrogens with zero attached hydrogens (tertiary/aromatic N) is 1. The van der Waals surface area contributed by atoms with E-state index in [9.17, 15) is 5.11 Å². The van der Waals surface area contributed by atoms with Crippen molar-refractivity contribution in [2.45, 2.75) is 25.4 Å². The topological polar surface area (TPSA) is 59.1 Å². The molecule has 1 atom stereocenters. The summed E-state index contributed by atoms with van der Waals surface area (Å²) in [4.78, 5) is 4.00. The van der Waals surface area contributed by atoms with Crippen LogP contribution in [0.5, 0.6) is 0 Å². The van der Waals surface area contributed by atoms with Gasteiger partial charge in [0.25, 0.3) is 0 Å². The van der Waals surface area contributed by atoms with E-state index in [1.165, 1.54) is 6.20 Å². The van der Waals surface area contributed by atoms with Crippen LogP contribution >= 0.6 is 11.6 Å². The molecule has 2 rings (SSSR count). The molecule has 0 saturated carbocycles. The average molecular weight is 225 g/mol. The van der Waals surface area contributed by atoms with E-state index in [2.05, 4.69) is 4.98 Å². The fourth-order valence-electron chi connectivity index (χ4n) is 1.83. The van der Waals surface area contributed by atoms with Gasteiger partial charge in [0.15, 0.2) is 0 Å². The van der Waals surface area contributed by atoms with E-state index in [1.54, 1.807) is 6.07 Å². The monoisotopic (exact) mass is 224 g/mol. The second kappa shape index (κ2) is 4.21. The molecule has 1 unspecified atom stereocenters. The zero-order chi connectivity index (χ0) is 10.8. The van der Waals surface area contributed by atoms with Gasteiger partial charge in [0.05, 0.1) is 11.1 Å². The molecule has 15 heavy (non-hydrogen) atoms. The third-order valence-corrected chi connectivity index (χ3v) is 2.78. The largest absolute Gasteiger partial charge is 0.389 e. The van der Waals surface area contributed by atoms with Crippen LogP contribution in [0.25, 0.3) is 5.57 Å². The first-order valence-electron chi connectivity index (χ1n) is 4.97. The van der Waals surface area contributed by atoms with Gasteiger partial charge >= 0.3 is 0 Å². The summed E-state index contributed by atoms with van der Waals surface area (Å²) < 4.78 is 0. The maximum absolute atomic E-state index is 9.53. The molecule has 1 aromatic heterocycles. The predicted molar refractivity (Wildman–Crippen MR) is 61.5 cm³/mol. The molecule has 1 aliphatic carbocycles. The van der Waals surface area contributed by atoms with Gasteiger partial charge in [0.1, 0.15) is 5.82 Å². The number of nitrogens with two attached hydrogens (primary N) is 1. The molecule has 0 aliphatic heterocycles. The molecule has 80 valence electrons. The number of aliphatic hydroxyl groups excluding tert-OH is 1. The molecule has 1 aromatic rings. The molecule has 0 aromatic carbocycles. The molecule has 3 nitrogen and oxygen atoms in total. The molecule has 0 bridgehead atoms. The quantitative estimate of drug-likeness (QED) is 0.769. The van der Waals surface area contributed by atoms with Crippen LogP contribution in [0, 0.1) is 0 Å². The van der Waals surface area contributed by atoms with Gasteiger partial charge < -0.3 is 10.8 Å². The summed E-state index contributed by atoms with van der Waals surface area (Å²) in [5.41, 5.74) is 7.66. The van der Waals surface area contributed by atoms with E-state index < -0.39 is 0 Å². The Morgan fingerprint density at radius 3 is 3.07 bits per heavy atom. The van der Waals surface area contributed by atoms with Gasteiger partial charge in [-0.15, -0.1) is 0 Å². The number of pyridine rings is 1. The second-order valence-electron chi connectivity index (χ2n) is 3.74. The Hall–Kier alpha value is -1.06. The van der Waals surface area contributed by atoms with Crippen LogP contribution in [0.3, 0.4) is 0 Å². The summed E-state index contributed by atoms with van der Waals surface area (Å²) in [5, 5.41) is 10.1. The minimum absolute atomic E-state index is 0.368. The van der Waals surface area contributed by atoms with E-state index in [1.807, 2.05) is 6.08 Å². The van der Waals surface area contributed by atoms with Crippen molar-refractivity contribution in [3.05, 3.63) is 28.9 Å². The molecule has 1 heterocycles. The number of rotatable bonds is 1. The highest BCUT2D eigenvalue weighted by Crippen LogP contribution is 2.30. The van der Waals surface area contributed by atoms with Gasteiger partial charge in [-0.05, 0) is 30.9 Å². The molecule has 0 fully saturated rings. The first-order chi connectivity index (χ1) is 7.16. The molecule has 0 amide bonds. The van der Waals surface area contributed by atoms with Crippen molar-refractivity contribution in [3.8, 4) is 0 Å². The summed E-state index contributed by atoms with van der Waals surface area (Å²) in [6.45, 7) is 0. The maximum Gasteiger partial charge on any atom is 0.130 e. The lowest BCUT2D eigenvalue weighted by molar-refractivity contribution is 0.206. The fourth-order valence-corrected chi connectivity index (χ4v) is 1.99. The SMILES string of the molecule is Nc1ncc(Cl)cc1C1=CC(O)CCC1. The number of aromatic nitrogens is 1. The van der Waals surface area contributed by atoms with Crippen LogP contribution < -0.4 is 5.73 Å². The number of hydrogen-bond acceptors (Lipinski definition) is 3. The highest BCUT2D eigenvalue weighted by atomic mass is 35.5. The van der Waals surface area contributed by atoms with Crippen molar-refractivity contribution in [1.29, 1.82) is 0 Å². The lowest BCUT2D eigenvalue weighted by Crippen LogP contribution is -2.09. The highest BCUT2D eigenvalue weighted by Gasteiger charge is 2.14. The van der Waals surface area contributed by atoms with Crippen LogP contribution in [-0.2, 0) is 0 Å². The zero-order valence-corrected chi connectivity index (χ0v) is 9.04. The molecule has 0 saturated heterocycles. The fraction of sp³-hybridized carbons (Fsp3) is 0.364. The molecular formula is C11H13ClN2O. The third-order valence-electron chi connectivity index (χ3n) is 2.57. The van der Waals surface area contributed by atoms with E-state index in [0.717, 1.165) is 30.4 Å². The number of aliphatic hydroxyl groups is 1. The van der Waals surface area contributed by atoms with Crippen LogP contribution in [0.2, 0.25) is 5.02 Å². The van der Waals surface area contributed by atoms with Crippen LogP contribution in [0.15, 0.2) is 18.3 Å². The Kier molecular flexibility index (Phi) is 2.93. The molecule has 0 spiro atoms. The maximum atomic E-state index is 9.53. The van der Waals surface area contributed by atoms with Crippen molar-refractivity contribution in [3.63, 3.8) is 0 Å². The summed E-state index contributed by atoms with van der Waals surface area (Å²) in [6.07, 6.45) is 5.71. The Balaban J connectivity index is 2.40. The highest BCUT2D eigenvalue weighted by molar-refractivity contribution is 6.30. The van der Waals surface area contributed by atoms with E-state index in [-0.39, 0.29) is 6.10 Å². The predicted octanol–water partition coefficient (Wildman–Crippen LogP) is 2.25. The lowest BCUT2D eigenvalue weighted by atomic mass is 9.92. The zero-order valence-electron chi connectivity index (χ0n) is 8.28. The van der Waals surface area contributed by atoms with Crippen molar-refractivity contribution < 1.29 is 5.11 Å². The van der Waals surface area contributed by atoms with Crippen molar-refractivity contribution in [2.75, 3.05) is 5.73 Å². The minimum atomic E-state index is -0.368. The number of anilines is 1. The van der Waals surface area contributed by atoms with Crippen LogP contribution in [0.1, 0.15) is 24.8 Å². The van der Waals surface area contributed by atoms with Crippen molar-refractivity contribution in [1.82, 2.24) is 4.98 Å². The van der Waals surface area contributed by atoms with Gasteiger partial charge in [-0.25, -0.2) is 4.98 Å². The smallest absolute Gasteiger partial charge is 0.130 e. The van der Waals surface area contributed by atoms with Gasteiger partial charge in [0, 0.05) is 11.8 Å². The molecular weight excluding hydrogens is 212 g/mol. The molecule has 0 radical (unpaired) electrons. The standard InChI is InChI=1S/C11H13ClN2O/c12-8-5-10(11(13)14-6-8)7-2-1-3-9(15)4-7/h4-6,9,15H,1-3H2,(H2,13,14). The lowest BCUT2D eigenvalue weighted by Gasteiger charge is -2.18. The van der Waals surface area contributed by atoms with Gasteiger partial charge in [-0.1, -0.05) is 17.7 Å². The number of allylic oxidation sites excluding steroid dienone is 1. The Morgan fingerprint density at radius 1 is 1.53 bits per heavy atom. The first-order valence-corrected chi connectivity index (χ1v) is 5.35. The first kappa shape index (κ1) is 10.5. The van der Waals surface area contributed by atoms with Crippen LogP contribution in [0.4, 0.5) is 5.82 Å². The minimum Gasteiger partial charge on any atom is -0.389 e. The number of halogens is 1. The van der Waals surface area contributed by atoms with E-state index in [4.69, 9.17) is 17.3 Å². The Labute approximate surface area is 93.6 Å². The van der Waals surface area contributed by atoms with Gasteiger partial charge in [-0.3, -0.25) is 0 Å². The summed E-state index contributed by atoms with van der Waals surface area (Å²) in [7, 11) is 0. The Bertz CT molecular complexity index is 404. The second-order valence-corrected chi connectivity index (χ2v) is 4.17. The van der Waals surface area contributed by atoms with E-state index in [0.29, 0.717) is 10.8 Å². The summed E-state index contributed by atoms with van der Waals surface area (Å²) in [5.74, 6) is 0.472. The van der Waals surface area contributed by atoms with Crippen molar-refractivity contribution in [2.24, 2.45) is 0 Å². The van der Waals surface area contributed by atoms with Crippen molar-refractivity contribution >= 4 is 23.0 Å². The molecule has 3 N–H and O–H groups in total. The average Bonchev–Trinajstić information content (AvgIpc) is 2.22. The third kappa shape index (κ3) is 2.30. The summed E-state index contributed by atoms with van der Waals surface area (Å²) >= 11 is 5.86. The Morgan fingerprint density at radius 2 is 2.33 bits per heavy atom. The number of nitrogen functional groups attached to an aromatic ring is 1. The molecule has 1 aliphatic rings. The van der Waals surface area contributed by atoms with Gasteiger partial charge in [0.2, 0.25) is 0 Å². The number of hydrogen-bond donors (Lipinski definition) is 2. The molecule has 4 heteroatoms. The normalized spacial score (nSPS) is 21.2. The summed E-state index contributed by atoms with van der Waals surface area (Å²) in [6, 6.07) is 1.80.